The van der Waals surface area contributed by atoms with Gasteiger partial charge in [-0.15, -0.1) is 0 Å². The van der Waals surface area contributed by atoms with Crippen molar-refractivity contribution < 1.29 is 4.42 Å². The predicted molar refractivity (Wildman–Crippen MR) is 71.5 cm³/mol. The number of pyridine rings is 1. The fraction of sp³-hybridized carbons (Fsp3) is 0.0714. The maximum atomic E-state index is 6.13. The molecule has 0 amide bonds. The highest BCUT2D eigenvalue weighted by Crippen LogP contribution is 2.25. The summed E-state index contributed by atoms with van der Waals surface area (Å²) in [7, 11) is 0. The maximum absolute atomic E-state index is 6.13. The average molecular weight is 259 g/mol. The van der Waals surface area contributed by atoms with E-state index in [-0.39, 0.29) is 6.04 Å². The Hall–Kier alpha value is -1.84. The van der Waals surface area contributed by atoms with E-state index in [0.29, 0.717) is 11.0 Å². The Balaban J connectivity index is 2.03. The first kappa shape index (κ1) is 11.3. The summed E-state index contributed by atoms with van der Waals surface area (Å²) in [6.07, 6.45) is 1.77. The second-order valence-electron chi connectivity index (χ2n) is 4.08. The largest absolute Gasteiger partial charge is 0.448 e. The number of aromatic nitrogens is 1. The number of benzene rings is 1. The molecule has 0 aliphatic carbocycles. The van der Waals surface area contributed by atoms with E-state index >= 15 is 0 Å². The smallest absolute Gasteiger partial charge is 0.193 e. The minimum Gasteiger partial charge on any atom is -0.448 e. The third kappa shape index (κ3) is 1.98. The molecule has 0 spiro atoms. The van der Waals surface area contributed by atoms with Crippen LogP contribution in [0.3, 0.4) is 0 Å². The molecule has 1 atom stereocenters. The van der Waals surface area contributed by atoms with Crippen molar-refractivity contribution in [3.8, 4) is 0 Å². The van der Waals surface area contributed by atoms with Crippen LogP contribution in [0.2, 0.25) is 5.22 Å². The highest BCUT2D eigenvalue weighted by molar-refractivity contribution is 6.28. The van der Waals surface area contributed by atoms with Crippen LogP contribution < -0.4 is 5.73 Å². The van der Waals surface area contributed by atoms with Gasteiger partial charge in [0.1, 0.15) is 5.76 Å². The van der Waals surface area contributed by atoms with E-state index in [4.69, 9.17) is 21.8 Å². The lowest BCUT2D eigenvalue weighted by Crippen LogP contribution is -2.11. The van der Waals surface area contributed by atoms with Gasteiger partial charge in [-0.05, 0) is 41.4 Å². The van der Waals surface area contributed by atoms with Crippen molar-refractivity contribution in [3.63, 3.8) is 0 Å². The van der Waals surface area contributed by atoms with E-state index < -0.39 is 0 Å². The first-order valence-corrected chi connectivity index (χ1v) is 5.97. The van der Waals surface area contributed by atoms with Gasteiger partial charge in [-0.25, -0.2) is 0 Å². The molecule has 0 fully saturated rings. The van der Waals surface area contributed by atoms with E-state index in [1.165, 1.54) is 0 Å². The van der Waals surface area contributed by atoms with Crippen LogP contribution in [0.5, 0.6) is 0 Å². The maximum Gasteiger partial charge on any atom is 0.193 e. The molecule has 3 rings (SSSR count). The summed E-state index contributed by atoms with van der Waals surface area (Å²) in [5, 5.41) is 1.40. The number of halogens is 1. The number of hydrogen-bond donors (Lipinski definition) is 1. The SMILES string of the molecule is NC(c1cnc2ccccc2c1)c1ccc(Cl)o1. The molecule has 0 saturated carbocycles. The molecule has 3 aromatic rings. The van der Waals surface area contributed by atoms with E-state index in [9.17, 15) is 0 Å². The predicted octanol–water partition coefficient (Wildman–Crippen LogP) is 3.53. The number of furan rings is 1. The second-order valence-corrected chi connectivity index (χ2v) is 4.45. The number of hydrogen-bond acceptors (Lipinski definition) is 3. The van der Waals surface area contributed by atoms with E-state index in [1.54, 1.807) is 18.3 Å². The van der Waals surface area contributed by atoms with Gasteiger partial charge in [0.25, 0.3) is 0 Å². The van der Waals surface area contributed by atoms with Crippen LogP contribution in [0.4, 0.5) is 0 Å². The lowest BCUT2D eigenvalue weighted by Gasteiger charge is -2.09. The molecule has 3 nitrogen and oxygen atoms in total. The molecule has 1 aromatic carbocycles. The molecular weight excluding hydrogens is 248 g/mol. The minimum atomic E-state index is -0.352. The second kappa shape index (κ2) is 4.44. The van der Waals surface area contributed by atoms with Crippen LogP contribution in [0.15, 0.2) is 53.1 Å². The zero-order chi connectivity index (χ0) is 12.5. The molecule has 0 aliphatic heterocycles. The van der Waals surface area contributed by atoms with Crippen LogP contribution in [0, 0.1) is 0 Å². The van der Waals surface area contributed by atoms with Crippen molar-refractivity contribution in [2.45, 2.75) is 6.04 Å². The van der Waals surface area contributed by atoms with Gasteiger partial charge < -0.3 is 10.2 Å². The Bertz CT molecular complexity index is 693. The number of nitrogens with two attached hydrogens (primary N) is 1. The molecule has 2 heterocycles. The summed E-state index contributed by atoms with van der Waals surface area (Å²) < 4.78 is 5.32. The van der Waals surface area contributed by atoms with Gasteiger partial charge in [0.15, 0.2) is 5.22 Å². The van der Waals surface area contributed by atoms with Gasteiger partial charge in [-0.2, -0.15) is 0 Å². The zero-order valence-corrected chi connectivity index (χ0v) is 10.3. The van der Waals surface area contributed by atoms with Crippen LogP contribution in [0.1, 0.15) is 17.4 Å². The van der Waals surface area contributed by atoms with Crippen molar-refractivity contribution in [2.75, 3.05) is 0 Å². The third-order valence-electron chi connectivity index (χ3n) is 2.87. The quantitative estimate of drug-likeness (QED) is 0.765. The molecule has 2 aromatic heterocycles. The number of para-hydroxylation sites is 1. The van der Waals surface area contributed by atoms with Gasteiger partial charge in [-0.1, -0.05) is 18.2 Å². The van der Waals surface area contributed by atoms with E-state index in [1.807, 2.05) is 30.3 Å². The summed E-state index contributed by atoms with van der Waals surface area (Å²) in [5.41, 5.74) is 7.98. The lowest BCUT2D eigenvalue weighted by atomic mass is 10.1. The van der Waals surface area contributed by atoms with Crippen molar-refractivity contribution in [3.05, 3.63) is 65.2 Å². The van der Waals surface area contributed by atoms with E-state index in [2.05, 4.69) is 4.98 Å². The molecule has 0 radical (unpaired) electrons. The topological polar surface area (TPSA) is 52.0 Å². The summed E-state index contributed by atoms with van der Waals surface area (Å²) in [6, 6.07) is 13.0. The Morgan fingerprint density at radius 1 is 1.17 bits per heavy atom. The van der Waals surface area contributed by atoms with Gasteiger partial charge in [0, 0.05) is 11.6 Å². The van der Waals surface area contributed by atoms with Crippen molar-refractivity contribution >= 4 is 22.5 Å². The molecule has 90 valence electrons. The Morgan fingerprint density at radius 3 is 2.78 bits per heavy atom. The highest BCUT2D eigenvalue weighted by atomic mass is 35.5. The Morgan fingerprint density at radius 2 is 2.00 bits per heavy atom. The first-order valence-electron chi connectivity index (χ1n) is 5.59. The van der Waals surface area contributed by atoms with Gasteiger partial charge in [0.05, 0.1) is 11.6 Å². The fourth-order valence-electron chi connectivity index (χ4n) is 1.92. The van der Waals surface area contributed by atoms with Crippen LogP contribution >= 0.6 is 11.6 Å². The van der Waals surface area contributed by atoms with Gasteiger partial charge >= 0.3 is 0 Å². The molecular formula is C14H11ClN2O. The molecule has 18 heavy (non-hydrogen) atoms. The monoisotopic (exact) mass is 258 g/mol. The normalized spacial score (nSPS) is 12.8. The summed E-state index contributed by atoms with van der Waals surface area (Å²) in [4.78, 5) is 4.38. The van der Waals surface area contributed by atoms with Gasteiger partial charge in [-0.3, -0.25) is 4.98 Å². The average Bonchev–Trinajstić information content (AvgIpc) is 2.84. The summed E-state index contributed by atoms with van der Waals surface area (Å²) in [5.74, 6) is 0.636. The Labute approximate surface area is 109 Å². The third-order valence-corrected chi connectivity index (χ3v) is 3.07. The van der Waals surface area contributed by atoms with Crippen molar-refractivity contribution in [1.82, 2.24) is 4.98 Å². The van der Waals surface area contributed by atoms with Gasteiger partial charge in [0.2, 0.25) is 0 Å². The molecule has 1 unspecified atom stereocenters. The lowest BCUT2D eigenvalue weighted by molar-refractivity contribution is 0.491. The number of nitrogens with zero attached hydrogens (tertiary/aromatic N) is 1. The van der Waals surface area contributed by atoms with Crippen molar-refractivity contribution in [1.29, 1.82) is 0 Å². The first-order chi connectivity index (χ1) is 8.74. The summed E-state index contributed by atoms with van der Waals surface area (Å²) in [6.45, 7) is 0. The fourth-order valence-corrected chi connectivity index (χ4v) is 2.07. The number of rotatable bonds is 2. The molecule has 2 N–H and O–H groups in total. The number of fused-ring (bicyclic) bond motifs is 1. The van der Waals surface area contributed by atoms with E-state index in [0.717, 1.165) is 16.5 Å². The Kier molecular flexibility index (Phi) is 2.78. The highest BCUT2D eigenvalue weighted by Gasteiger charge is 2.13. The molecule has 0 saturated heterocycles. The van der Waals surface area contributed by atoms with Crippen molar-refractivity contribution in [2.24, 2.45) is 5.73 Å². The standard InChI is InChI=1S/C14H11ClN2O/c15-13-6-5-12(18-13)14(16)10-7-9-3-1-2-4-11(9)17-8-10/h1-8,14H,16H2. The van der Waals surface area contributed by atoms with Crippen LogP contribution in [-0.4, -0.2) is 4.98 Å². The molecule has 0 bridgehead atoms. The summed E-state index contributed by atoms with van der Waals surface area (Å²) >= 11 is 5.75. The zero-order valence-electron chi connectivity index (χ0n) is 9.51. The van der Waals surface area contributed by atoms with Crippen LogP contribution in [0.25, 0.3) is 10.9 Å². The van der Waals surface area contributed by atoms with Crippen LogP contribution in [-0.2, 0) is 0 Å². The molecule has 4 heteroatoms. The molecule has 0 aliphatic rings. The minimum absolute atomic E-state index is 0.342.